The minimum absolute atomic E-state index is 0.0215. The molecule has 0 aliphatic rings. The number of rotatable bonds is 5. The van der Waals surface area contributed by atoms with Crippen LogP contribution < -0.4 is 0 Å². The van der Waals surface area contributed by atoms with E-state index in [0.29, 0.717) is 11.3 Å². The lowest BCUT2D eigenvalue weighted by Crippen LogP contribution is -2.31. The van der Waals surface area contributed by atoms with Gasteiger partial charge in [-0.1, -0.05) is 64.5 Å². The molecule has 0 unspecified atom stereocenters. The van der Waals surface area contributed by atoms with Gasteiger partial charge in [0.2, 0.25) is 0 Å². The molecule has 0 spiro atoms. The maximum Gasteiger partial charge on any atom is 0.431 e. The van der Waals surface area contributed by atoms with Crippen LogP contribution in [0, 0.1) is 6.92 Å². The Bertz CT molecular complexity index is 1260. The van der Waals surface area contributed by atoms with Crippen LogP contribution in [0.4, 0.5) is 13.2 Å². The Morgan fingerprint density at radius 1 is 0.938 bits per heavy atom. The molecule has 0 radical (unpaired) electrons. The van der Waals surface area contributed by atoms with E-state index in [9.17, 15) is 18.0 Å². The molecule has 1 N–H and O–H groups in total. The molecule has 4 aromatic rings. The molecule has 3 aromatic carbocycles. The van der Waals surface area contributed by atoms with Crippen molar-refractivity contribution in [3.63, 3.8) is 0 Å². The number of H-pyrrole nitrogens is 1. The Kier molecular flexibility index (Phi) is 6.11. The molecule has 1 amide bonds. The van der Waals surface area contributed by atoms with Gasteiger partial charge in [-0.3, -0.25) is 4.79 Å². The molecular weight excluding hydrogens is 481 g/mol. The molecule has 1 aromatic heterocycles. The normalized spacial score (nSPS) is 11.7. The predicted molar refractivity (Wildman–Crippen MR) is 122 cm³/mol. The third kappa shape index (κ3) is 4.72. The van der Waals surface area contributed by atoms with Crippen LogP contribution in [0.3, 0.4) is 0 Å². The molecule has 0 saturated carbocycles. The molecule has 4 rings (SSSR count). The molecule has 3 nitrogen and oxygen atoms in total. The Hall–Kier alpha value is -3.06. The molecule has 0 aliphatic carbocycles. The number of nitrogens with zero attached hydrogens (tertiary/aromatic N) is 1. The van der Waals surface area contributed by atoms with Crippen LogP contribution in [0.2, 0.25) is 0 Å². The number of fused-ring (bicyclic) bond motifs is 1. The molecule has 0 fully saturated rings. The molecule has 0 aliphatic heterocycles. The smallest absolute Gasteiger partial charge is 0.353 e. The summed E-state index contributed by atoms with van der Waals surface area (Å²) in [7, 11) is 0. The number of aromatic nitrogens is 1. The molecule has 164 valence electrons. The lowest BCUT2D eigenvalue weighted by Gasteiger charge is -2.24. The third-order valence-electron chi connectivity index (χ3n) is 5.34. The average molecular weight is 501 g/mol. The van der Waals surface area contributed by atoms with Crippen molar-refractivity contribution < 1.29 is 18.0 Å². The second kappa shape index (κ2) is 8.82. The van der Waals surface area contributed by atoms with Gasteiger partial charge in [0.15, 0.2) is 0 Å². The number of aryl methyl sites for hydroxylation is 1. The van der Waals surface area contributed by atoms with Crippen LogP contribution in [0.5, 0.6) is 0 Å². The molecular formula is C25H20BrF3N2O. The van der Waals surface area contributed by atoms with E-state index >= 15 is 0 Å². The zero-order valence-corrected chi connectivity index (χ0v) is 18.8. The number of aromatic amines is 1. The SMILES string of the molecule is Cc1ccc2ccccc2c1C(=O)N(Cc1ccc(Br)cc1)Cc1ccc(C(F)(F)F)[nH]1. The van der Waals surface area contributed by atoms with Gasteiger partial charge >= 0.3 is 6.18 Å². The Labute approximate surface area is 192 Å². The van der Waals surface area contributed by atoms with E-state index < -0.39 is 11.9 Å². The van der Waals surface area contributed by atoms with Crippen molar-refractivity contribution in [3.05, 3.63) is 105 Å². The number of carbonyl (C=O) groups excluding carboxylic acids is 1. The molecule has 0 atom stereocenters. The van der Waals surface area contributed by atoms with Gasteiger partial charge < -0.3 is 9.88 Å². The summed E-state index contributed by atoms with van der Waals surface area (Å²) < 4.78 is 40.1. The van der Waals surface area contributed by atoms with E-state index in [1.54, 1.807) is 4.90 Å². The van der Waals surface area contributed by atoms with E-state index in [-0.39, 0.29) is 19.0 Å². The Balaban J connectivity index is 1.73. The lowest BCUT2D eigenvalue weighted by molar-refractivity contribution is -0.140. The first kappa shape index (κ1) is 22.1. The van der Waals surface area contributed by atoms with Crippen LogP contribution >= 0.6 is 15.9 Å². The summed E-state index contributed by atoms with van der Waals surface area (Å²) in [5.74, 6) is -0.231. The number of benzene rings is 3. The van der Waals surface area contributed by atoms with Crippen molar-refractivity contribution in [1.82, 2.24) is 9.88 Å². The highest BCUT2D eigenvalue weighted by atomic mass is 79.9. The standard InChI is InChI=1S/C25H20BrF3N2O/c1-16-6-9-18-4-2-3-5-21(18)23(16)24(32)31(14-17-7-10-19(26)11-8-17)15-20-12-13-22(30-20)25(27,28)29/h2-13,30H,14-15H2,1H3. The first-order chi connectivity index (χ1) is 15.2. The Morgan fingerprint density at radius 2 is 1.66 bits per heavy atom. The van der Waals surface area contributed by atoms with Crippen molar-refractivity contribution in [2.75, 3.05) is 0 Å². The molecule has 7 heteroatoms. The number of amides is 1. The van der Waals surface area contributed by atoms with Crippen LogP contribution in [0.25, 0.3) is 10.8 Å². The van der Waals surface area contributed by atoms with Crippen molar-refractivity contribution in [3.8, 4) is 0 Å². The van der Waals surface area contributed by atoms with E-state index in [0.717, 1.165) is 32.4 Å². The molecule has 0 bridgehead atoms. The average Bonchev–Trinajstić information content (AvgIpc) is 3.23. The van der Waals surface area contributed by atoms with Gasteiger partial charge in [0, 0.05) is 16.7 Å². The number of hydrogen-bond donors (Lipinski definition) is 1. The molecule has 0 saturated heterocycles. The summed E-state index contributed by atoms with van der Waals surface area (Å²) in [6, 6.07) is 21.4. The minimum Gasteiger partial charge on any atom is -0.353 e. The van der Waals surface area contributed by atoms with Crippen LogP contribution in [0.1, 0.15) is 32.9 Å². The number of nitrogens with one attached hydrogen (secondary N) is 1. The van der Waals surface area contributed by atoms with Gasteiger partial charge in [0.1, 0.15) is 5.69 Å². The summed E-state index contributed by atoms with van der Waals surface area (Å²) in [6.07, 6.45) is -4.47. The first-order valence-electron chi connectivity index (χ1n) is 9.99. The molecule has 32 heavy (non-hydrogen) atoms. The third-order valence-corrected chi connectivity index (χ3v) is 5.87. The van der Waals surface area contributed by atoms with Gasteiger partial charge in [0.05, 0.1) is 12.1 Å². The van der Waals surface area contributed by atoms with Crippen LogP contribution in [-0.4, -0.2) is 15.8 Å². The topological polar surface area (TPSA) is 36.1 Å². The quantitative estimate of drug-likeness (QED) is 0.311. The van der Waals surface area contributed by atoms with Gasteiger partial charge in [-0.05, 0) is 53.1 Å². The number of halogens is 4. The van der Waals surface area contributed by atoms with Gasteiger partial charge in [-0.25, -0.2) is 0 Å². The van der Waals surface area contributed by atoms with E-state index in [2.05, 4.69) is 20.9 Å². The van der Waals surface area contributed by atoms with Crippen LogP contribution in [-0.2, 0) is 19.3 Å². The zero-order valence-electron chi connectivity index (χ0n) is 17.2. The van der Waals surface area contributed by atoms with Gasteiger partial charge in [-0.2, -0.15) is 13.2 Å². The summed E-state index contributed by atoms with van der Waals surface area (Å²) in [5.41, 5.74) is 1.74. The maximum atomic E-state index is 13.7. The fourth-order valence-corrected chi connectivity index (χ4v) is 4.00. The zero-order chi connectivity index (χ0) is 22.9. The Morgan fingerprint density at radius 3 is 2.34 bits per heavy atom. The fraction of sp³-hybridized carbons (Fsp3) is 0.160. The predicted octanol–water partition coefficient (Wildman–Crippen LogP) is 7.10. The van der Waals surface area contributed by atoms with E-state index in [1.807, 2.05) is 67.6 Å². The first-order valence-corrected chi connectivity index (χ1v) is 10.8. The fourth-order valence-electron chi connectivity index (χ4n) is 3.74. The van der Waals surface area contributed by atoms with Crippen LogP contribution in [0.15, 0.2) is 77.3 Å². The number of alkyl halides is 3. The van der Waals surface area contributed by atoms with Crippen molar-refractivity contribution in [2.24, 2.45) is 0 Å². The highest BCUT2D eigenvalue weighted by Gasteiger charge is 2.32. The molecule has 1 heterocycles. The second-order valence-corrected chi connectivity index (χ2v) is 8.58. The van der Waals surface area contributed by atoms with Crippen molar-refractivity contribution >= 4 is 32.6 Å². The van der Waals surface area contributed by atoms with Gasteiger partial charge in [0.25, 0.3) is 5.91 Å². The van der Waals surface area contributed by atoms with Crippen molar-refractivity contribution in [1.29, 1.82) is 0 Å². The van der Waals surface area contributed by atoms with Gasteiger partial charge in [-0.15, -0.1) is 0 Å². The second-order valence-electron chi connectivity index (χ2n) is 7.66. The summed E-state index contributed by atoms with van der Waals surface area (Å²) in [5, 5.41) is 1.75. The largest absolute Gasteiger partial charge is 0.431 e. The number of hydrogen-bond acceptors (Lipinski definition) is 1. The van der Waals surface area contributed by atoms with E-state index in [4.69, 9.17) is 0 Å². The maximum absolute atomic E-state index is 13.7. The minimum atomic E-state index is -4.47. The summed E-state index contributed by atoms with van der Waals surface area (Å²) >= 11 is 3.40. The summed E-state index contributed by atoms with van der Waals surface area (Å²) in [4.78, 5) is 17.7. The number of carbonyl (C=O) groups is 1. The highest BCUT2D eigenvalue weighted by Crippen LogP contribution is 2.29. The van der Waals surface area contributed by atoms with Crippen molar-refractivity contribution in [2.45, 2.75) is 26.2 Å². The monoisotopic (exact) mass is 500 g/mol. The summed E-state index contributed by atoms with van der Waals surface area (Å²) in [6.45, 7) is 2.15. The highest BCUT2D eigenvalue weighted by molar-refractivity contribution is 9.10. The lowest BCUT2D eigenvalue weighted by atomic mass is 9.98. The van der Waals surface area contributed by atoms with E-state index in [1.165, 1.54) is 6.07 Å².